The second-order valence-electron chi connectivity index (χ2n) is 5.79. The molecule has 0 N–H and O–H groups in total. The van der Waals surface area contributed by atoms with Gasteiger partial charge in [-0.2, -0.15) is 5.26 Å². The van der Waals surface area contributed by atoms with Gasteiger partial charge in [0.25, 0.3) is 6.43 Å². The molecule has 0 bridgehead atoms. The Hall–Kier alpha value is -1.69. The molecule has 1 saturated carbocycles. The maximum atomic E-state index is 12.0. The van der Waals surface area contributed by atoms with E-state index < -0.39 is 6.43 Å². The Labute approximate surface area is 125 Å². The van der Waals surface area contributed by atoms with Gasteiger partial charge in [0, 0.05) is 0 Å². The maximum absolute atomic E-state index is 12.0. The normalized spacial score (nSPS) is 22.6. The van der Waals surface area contributed by atoms with E-state index in [0.29, 0.717) is 17.4 Å². The van der Waals surface area contributed by atoms with Crippen molar-refractivity contribution in [3.05, 3.63) is 47.5 Å². The number of allylic oxidation sites excluding steroid dienone is 2. The summed E-state index contributed by atoms with van der Waals surface area (Å²) in [7, 11) is 0. The fourth-order valence-electron chi connectivity index (χ4n) is 3.15. The monoisotopic (exact) mass is 289 g/mol. The van der Waals surface area contributed by atoms with Crippen LogP contribution in [0.3, 0.4) is 0 Å². The van der Waals surface area contributed by atoms with Crippen molar-refractivity contribution in [3.8, 4) is 6.07 Å². The molecule has 112 valence electrons. The summed E-state index contributed by atoms with van der Waals surface area (Å²) in [5, 5.41) is 8.81. The third-order valence-corrected chi connectivity index (χ3v) is 4.38. The molecule has 1 nitrogen and oxygen atoms in total. The molecule has 0 amide bonds. The molecule has 0 atom stereocenters. The molecule has 0 spiro atoms. The van der Waals surface area contributed by atoms with Gasteiger partial charge in [0.2, 0.25) is 0 Å². The van der Waals surface area contributed by atoms with Crippen molar-refractivity contribution in [2.24, 2.45) is 5.92 Å². The van der Waals surface area contributed by atoms with Crippen molar-refractivity contribution >= 4 is 0 Å². The number of hydrogen-bond donors (Lipinski definition) is 0. The van der Waals surface area contributed by atoms with Crippen LogP contribution in [0.1, 0.15) is 55.6 Å². The summed E-state index contributed by atoms with van der Waals surface area (Å²) in [6.07, 6.45) is 6.72. The van der Waals surface area contributed by atoms with Crippen LogP contribution in [0.15, 0.2) is 36.4 Å². The molecule has 1 fully saturated rings. The minimum atomic E-state index is -2.32. The zero-order valence-corrected chi connectivity index (χ0v) is 12.1. The number of nitriles is 1. The standard InChI is InChI=1S/C18H21F2N/c19-18(20)4-2-1-3-14-5-9-16(10-6-14)17-11-7-15(13-21)8-12-17/h2,4,7-8,11-12,14,16,18H,1,3,5-6,9-10H2/b4-2+/t14-,16-. The molecular weight excluding hydrogens is 268 g/mol. The Morgan fingerprint density at radius 1 is 1.14 bits per heavy atom. The van der Waals surface area contributed by atoms with E-state index in [1.54, 1.807) is 6.08 Å². The first-order valence-electron chi connectivity index (χ1n) is 7.64. The molecule has 0 saturated heterocycles. The van der Waals surface area contributed by atoms with Crippen LogP contribution in [-0.4, -0.2) is 6.43 Å². The van der Waals surface area contributed by atoms with Crippen LogP contribution in [0.4, 0.5) is 8.78 Å². The van der Waals surface area contributed by atoms with Gasteiger partial charge in [-0.1, -0.05) is 18.2 Å². The Bertz CT molecular complexity index is 491. The van der Waals surface area contributed by atoms with Crippen LogP contribution in [0, 0.1) is 17.2 Å². The summed E-state index contributed by atoms with van der Waals surface area (Å²) in [6, 6.07) is 10.0. The molecule has 0 heterocycles. The van der Waals surface area contributed by atoms with Gasteiger partial charge in [0.15, 0.2) is 0 Å². The van der Waals surface area contributed by atoms with Crippen LogP contribution in [-0.2, 0) is 0 Å². The first-order chi connectivity index (χ1) is 10.2. The number of nitrogens with zero attached hydrogens (tertiary/aromatic N) is 1. The van der Waals surface area contributed by atoms with Crippen molar-refractivity contribution in [3.63, 3.8) is 0 Å². The first-order valence-corrected chi connectivity index (χ1v) is 7.64. The molecule has 1 aliphatic rings. The van der Waals surface area contributed by atoms with Crippen LogP contribution in [0.25, 0.3) is 0 Å². The SMILES string of the molecule is N#Cc1ccc([C@H]2CC[C@H](CC/C=C/C(F)F)CC2)cc1. The van der Waals surface area contributed by atoms with E-state index in [4.69, 9.17) is 5.26 Å². The van der Waals surface area contributed by atoms with Crippen molar-refractivity contribution < 1.29 is 8.78 Å². The molecule has 0 unspecified atom stereocenters. The maximum Gasteiger partial charge on any atom is 0.257 e. The highest BCUT2D eigenvalue weighted by atomic mass is 19.3. The van der Waals surface area contributed by atoms with Gasteiger partial charge >= 0.3 is 0 Å². The Balaban J connectivity index is 1.76. The molecule has 1 aromatic carbocycles. The number of halogens is 2. The zero-order chi connectivity index (χ0) is 15.1. The molecule has 0 radical (unpaired) electrons. The van der Waals surface area contributed by atoms with Crippen molar-refractivity contribution in [1.29, 1.82) is 5.26 Å². The molecule has 0 aliphatic heterocycles. The van der Waals surface area contributed by atoms with Gasteiger partial charge in [0.05, 0.1) is 11.6 Å². The van der Waals surface area contributed by atoms with E-state index >= 15 is 0 Å². The second-order valence-corrected chi connectivity index (χ2v) is 5.79. The van der Waals surface area contributed by atoms with Crippen LogP contribution < -0.4 is 0 Å². The first kappa shape index (κ1) is 15.7. The summed E-state index contributed by atoms with van der Waals surface area (Å²) in [5.41, 5.74) is 2.03. The predicted molar refractivity (Wildman–Crippen MR) is 80.2 cm³/mol. The van der Waals surface area contributed by atoms with Gasteiger partial charge in [-0.15, -0.1) is 0 Å². The highest BCUT2D eigenvalue weighted by Gasteiger charge is 2.21. The molecule has 1 aliphatic carbocycles. The minimum absolute atomic E-state index is 0.589. The number of hydrogen-bond acceptors (Lipinski definition) is 1. The second kappa shape index (κ2) is 7.93. The Kier molecular flexibility index (Phi) is 5.92. The Morgan fingerprint density at radius 2 is 1.81 bits per heavy atom. The summed E-state index contributed by atoms with van der Waals surface area (Å²) >= 11 is 0. The van der Waals surface area contributed by atoms with Crippen molar-refractivity contribution in [2.75, 3.05) is 0 Å². The van der Waals surface area contributed by atoms with Crippen molar-refractivity contribution in [1.82, 2.24) is 0 Å². The van der Waals surface area contributed by atoms with Crippen LogP contribution >= 0.6 is 0 Å². The summed E-state index contributed by atoms with van der Waals surface area (Å²) < 4.78 is 24.0. The summed E-state index contributed by atoms with van der Waals surface area (Å²) in [5.74, 6) is 1.26. The van der Waals surface area contributed by atoms with Gasteiger partial charge in [-0.3, -0.25) is 0 Å². The topological polar surface area (TPSA) is 23.8 Å². The number of benzene rings is 1. The average Bonchev–Trinajstić information content (AvgIpc) is 2.52. The fourth-order valence-corrected chi connectivity index (χ4v) is 3.15. The van der Waals surface area contributed by atoms with E-state index in [-0.39, 0.29) is 0 Å². The highest BCUT2D eigenvalue weighted by molar-refractivity contribution is 5.33. The van der Waals surface area contributed by atoms with Gasteiger partial charge in [-0.05, 0) is 74.1 Å². The third-order valence-electron chi connectivity index (χ3n) is 4.38. The summed E-state index contributed by atoms with van der Waals surface area (Å²) in [4.78, 5) is 0. The van der Waals surface area contributed by atoms with Crippen molar-refractivity contribution in [2.45, 2.75) is 50.9 Å². The van der Waals surface area contributed by atoms with E-state index in [1.165, 1.54) is 18.4 Å². The Morgan fingerprint density at radius 3 is 2.38 bits per heavy atom. The zero-order valence-electron chi connectivity index (χ0n) is 12.1. The fraction of sp³-hybridized carbons (Fsp3) is 0.500. The average molecular weight is 289 g/mol. The van der Waals surface area contributed by atoms with E-state index in [2.05, 4.69) is 18.2 Å². The van der Waals surface area contributed by atoms with E-state index in [0.717, 1.165) is 31.8 Å². The molecule has 0 aromatic heterocycles. The molecule has 21 heavy (non-hydrogen) atoms. The molecule has 3 heteroatoms. The van der Waals surface area contributed by atoms with Gasteiger partial charge in [0.1, 0.15) is 0 Å². The van der Waals surface area contributed by atoms with Crippen LogP contribution in [0.2, 0.25) is 0 Å². The lowest BCUT2D eigenvalue weighted by molar-refractivity contribution is 0.203. The predicted octanol–water partition coefficient (Wildman–Crippen LogP) is 5.43. The lowest BCUT2D eigenvalue weighted by atomic mass is 9.77. The highest BCUT2D eigenvalue weighted by Crippen LogP contribution is 2.37. The van der Waals surface area contributed by atoms with Crippen LogP contribution in [0.5, 0.6) is 0 Å². The lowest BCUT2D eigenvalue weighted by Crippen LogP contribution is -2.13. The summed E-state index contributed by atoms with van der Waals surface area (Å²) in [6.45, 7) is 0. The van der Waals surface area contributed by atoms with E-state index in [9.17, 15) is 8.78 Å². The quantitative estimate of drug-likeness (QED) is 0.663. The molecular formula is C18H21F2N. The third kappa shape index (κ3) is 4.97. The number of alkyl halides is 2. The van der Waals surface area contributed by atoms with Gasteiger partial charge < -0.3 is 0 Å². The lowest BCUT2D eigenvalue weighted by Gasteiger charge is -2.28. The largest absolute Gasteiger partial charge is 0.257 e. The minimum Gasteiger partial charge on any atom is -0.206 e. The molecule has 1 aromatic rings. The van der Waals surface area contributed by atoms with Gasteiger partial charge in [-0.25, -0.2) is 8.78 Å². The number of rotatable bonds is 5. The molecule has 2 rings (SSSR count). The smallest absolute Gasteiger partial charge is 0.206 e. The van der Waals surface area contributed by atoms with E-state index in [1.807, 2.05) is 12.1 Å².